The molecule has 0 spiro atoms. The van der Waals surface area contributed by atoms with Gasteiger partial charge in [0, 0.05) is 6.42 Å². The number of cyclic esters (lactones) is 1. The quantitative estimate of drug-likeness (QED) is 0.477. The molecular weight excluding hydrogens is 344 g/mol. The third kappa shape index (κ3) is 7.61. The Balaban J connectivity index is 2.85. The van der Waals surface area contributed by atoms with Crippen LogP contribution in [0.4, 0.5) is 0 Å². The zero-order valence-corrected chi connectivity index (χ0v) is 19.2. The largest absolute Gasteiger partial charge is 0.458 e. The molecule has 1 fully saturated rings. The van der Waals surface area contributed by atoms with E-state index in [0.29, 0.717) is 13.0 Å². The molecule has 0 unspecified atom stereocenters. The molecule has 0 aliphatic carbocycles. The predicted octanol–water partition coefficient (Wildman–Crippen LogP) is 3.60. The van der Waals surface area contributed by atoms with E-state index in [-0.39, 0.29) is 18.7 Å². The van der Waals surface area contributed by atoms with Crippen molar-refractivity contribution < 1.29 is 22.8 Å². The number of rotatable bonds is 8. The van der Waals surface area contributed by atoms with E-state index in [9.17, 15) is 4.79 Å². The summed E-state index contributed by atoms with van der Waals surface area (Å²) in [5.41, 5.74) is -0.960. The molecule has 0 aromatic rings. The third-order valence-electron chi connectivity index (χ3n) is 3.15. The van der Waals surface area contributed by atoms with Gasteiger partial charge in [0.15, 0.2) is 30.6 Å². The van der Waals surface area contributed by atoms with Gasteiger partial charge in [0.05, 0.1) is 13.2 Å². The SMILES string of the molecule is C[Si](C)(C)OC[C@H]1C[C@@](CO[Si](C)(C)C)(O[Si](C)(C)C)C(=O)O1. The second-order valence-corrected chi connectivity index (χ2v) is 22.7. The Morgan fingerprint density at radius 3 is 1.91 bits per heavy atom. The van der Waals surface area contributed by atoms with Crippen LogP contribution in [0.2, 0.25) is 58.9 Å². The van der Waals surface area contributed by atoms with Crippen LogP contribution in [-0.4, -0.2) is 55.8 Å². The van der Waals surface area contributed by atoms with Gasteiger partial charge in [-0.05, 0) is 58.9 Å². The van der Waals surface area contributed by atoms with Gasteiger partial charge in [0.2, 0.25) is 0 Å². The Morgan fingerprint density at radius 1 is 0.957 bits per heavy atom. The van der Waals surface area contributed by atoms with Gasteiger partial charge in [-0.15, -0.1) is 0 Å². The lowest BCUT2D eigenvalue weighted by atomic mass is 10.0. The molecule has 1 rings (SSSR count). The standard InChI is InChI=1S/C15H34O5Si3/c1-21(2,3)17-11-13-10-15(14(16)19-13,20-23(7,8)9)12-18-22(4,5)6/h13H,10-12H2,1-9H3/t13-,15+/m1/s1. The van der Waals surface area contributed by atoms with E-state index in [4.69, 9.17) is 18.0 Å². The van der Waals surface area contributed by atoms with Gasteiger partial charge in [-0.2, -0.15) is 0 Å². The Morgan fingerprint density at radius 2 is 1.48 bits per heavy atom. The van der Waals surface area contributed by atoms with Crippen molar-refractivity contribution in [3.05, 3.63) is 0 Å². The van der Waals surface area contributed by atoms with Crippen LogP contribution in [0, 0.1) is 0 Å². The number of esters is 1. The molecule has 0 saturated carbocycles. The first kappa shape index (κ1) is 21.0. The summed E-state index contributed by atoms with van der Waals surface area (Å²) in [5, 5.41) is 0. The van der Waals surface area contributed by atoms with E-state index in [0.717, 1.165) is 0 Å². The van der Waals surface area contributed by atoms with Crippen molar-refractivity contribution >= 4 is 30.9 Å². The summed E-state index contributed by atoms with van der Waals surface area (Å²) >= 11 is 0. The average molecular weight is 379 g/mol. The molecule has 8 heteroatoms. The van der Waals surface area contributed by atoms with Crippen LogP contribution in [0.1, 0.15) is 6.42 Å². The van der Waals surface area contributed by atoms with Crippen molar-refractivity contribution in [1.82, 2.24) is 0 Å². The van der Waals surface area contributed by atoms with E-state index in [1.807, 2.05) is 0 Å². The first-order valence-corrected chi connectivity index (χ1v) is 18.5. The van der Waals surface area contributed by atoms with Crippen LogP contribution < -0.4 is 0 Å². The predicted molar refractivity (Wildman–Crippen MR) is 100 cm³/mol. The molecule has 2 atom stereocenters. The van der Waals surface area contributed by atoms with Crippen LogP contribution in [0.25, 0.3) is 0 Å². The Hall–Kier alpha value is 0.000649. The van der Waals surface area contributed by atoms with Crippen molar-refractivity contribution in [2.24, 2.45) is 0 Å². The Bertz CT molecular complexity index is 422. The van der Waals surface area contributed by atoms with Crippen molar-refractivity contribution in [2.75, 3.05) is 13.2 Å². The lowest BCUT2D eigenvalue weighted by molar-refractivity contribution is -0.156. The first-order valence-electron chi connectivity index (χ1n) is 8.31. The van der Waals surface area contributed by atoms with Crippen LogP contribution >= 0.6 is 0 Å². The highest BCUT2D eigenvalue weighted by Crippen LogP contribution is 2.34. The normalized spacial score (nSPS) is 26.5. The van der Waals surface area contributed by atoms with Gasteiger partial charge >= 0.3 is 5.97 Å². The molecule has 0 radical (unpaired) electrons. The zero-order valence-electron chi connectivity index (χ0n) is 16.2. The minimum Gasteiger partial charge on any atom is -0.458 e. The summed E-state index contributed by atoms with van der Waals surface area (Å²) in [6.45, 7) is 19.7. The highest BCUT2D eigenvalue weighted by Gasteiger charge is 2.53. The summed E-state index contributed by atoms with van der Waals surface area (Å²) in [4.78, 5) is 12.6. The molecule has 0 aromatic carbocycles. The molecule has 1 saturated heterocycles. The molecule has 0 aromatic heterocycles. The summed E-state index contributed by atoms with van der Waals surface area (Å²) in [6, 6.07) is 0. The van der Waals surface area contributed by atoms with Crippen LogP contribution in [0.3, 0.4) is 0 Å². The van der Waals surface area contributed by atoms with Crippen molar-refractivity contribution in [3.63, 3.8) is 0 Å². The fraction of sp³-hybridized carbons (Fsp3) is 0.933. The maximum absolute atomic E-state index is 12.6. The second kappa shape index (κ2) is 7.09. The van der Waals surface area contributed by atoms with Crippen molar-refractivity contribution in [3.8, 4) is 0 Å². The van der Waals surface area contributed by atoms with Crippen molar-refractivity contribution in [1.29, 1.82) is 0 Å². The first-order chi connectivity index (χ1) is 10.1. The highest BCUT2D eigenvalue weighted by molar-refractivity contribution is 6.70. The van der Waals surface area contributed by atoms with E-state index < -0.39 is 30.6 Å². The van der Waals surface area contributed by atoms with Gasteiger partial charge in [-0.3, -0.25) is 0 Å². The van der Waals surface area contributed by atoms with Gasteiger partial charge < -0.3 is 18.0 Å². The summed E-state index contributed by atoms with van der Waals surface area (Å²) in [7, 11) is -5.30. The van der Waals surface area contributed by atoms with E-state index in [2.05, 4.69) is 58.9 Å². The van der Waals surface area contributed by atoms with Gasteiger partial charge in [0.1, 0.15) is 6.10 Å². The van der Waals surface area contributed by atoms with Gasteiger partial charge in [0.25, 0.3) is 0 Å². The number of ether oxygens (including phenoxy) is 1. The number of hydrogen-bond acceptors (Lipinski definition) is 5. The van der Waals surface area contributed by atoms with Gasteiger partial charge in [-0.25, -0.2) is 4.79 Å². The zero-order chi connectivity index (χ0) is 18.1. The second-order valence-electron chi connectivity index (χ2n) is 9.26. The number of carbonyl (C=O) groups is 1. The topological polar surface area (TPSA) is 54.0 Å². The summed E-state index contributed by atoms with van der Waals surface area (Å²) < 4.78 is 23.8. The number of hydrogen-bond donors (Lipinski definition) is 0. The smallest absolute Gasteiger partial charge is 0.340 e. The lowest BCUT2D eigenvalue weighted by Crippen LogP contribution is -2.51. The molecule has 5 nitrogen and oxygen atoms in total. The molecule has 1 aliphatic rings. The van der Waals surface area contributed by atoms with Crippen LogP contribution in [0.5, 0.6) is 0 Å². The van der Waals surface area contributed by atoms with E-state index in [1.165, 1.54) is 0 Å². The number of carbonyl (C=O) groups excluding carboxylic acids is 1. The van der Waals surface area contributed by atoms with E-state index >= 15 is 0 Å². The molecule has 1 heterocycles. The molecule has 0 amide bonds. The van der Waals surface area contributed by atoms with Crippen molar-refractivity contribution in [2.45, 2.75) is 77.0 Å². The molecule has 0 N–H and O–H groups in total. The maximum atomic E-state index is 12.6. The molecule has 136 valence electrons. The molecule has 0 bridgehead atoms. The van der Waals surface area contributed by atoms with Gasteiger partial charge in [-0.1, -0.05) is 0 Å². The lowest BCUT2D eigenvalue weighted by Gasteiger charge is -2.34. The molecule has 1 aliphatic heterocycles. The monoisotopic (exact) mass is 378 g/mol. The van der Waals surface area contributed by atoms with Crippen LogP contribution in [-0.2, 0) is 22.8 Å². The summed E-state index contributed by atoms with van der Waals surface area (Å²) in [6.07, 6.45) is 0.279. The summed E-state index contributed by atoms with van der Waals surface area (Å²) in [5.74, 6) is -0.289. The molecule has 23 heavy (non-hydrogen) atoms. The highest BCUT2D eigenvalue weighted by atomic mass is 28.4. The fourth-order valence-corrected chi connectivity index (χ4v) is 5.09. The Labute approximate surface area is 144 Å². The maximum Gasteiger partial charge on any atom is 0.340 e. The minimum atomic E-state index is -1.92. The van der Waals surface area contributed by atoms with E-state index in [1.54, 1.807) is 0 Å². The van der Waals surface area contributed by atoms with Crippen LogP contribution in [0.15, 0.2) is 0 Å². The Kier molecular flexibility index (Phi) is 6.48. The minimum absolute atomic E-state index is 0.240. The molecular formula is C15H34O5Si3. The average Bonchev–Trinajstić information content (AvgIpc) is 2.58. The third-order valence-corrected chi connectivity index (χ3v) is 6.19. The fourth-order valence-electron chi connectivity index (χ4n) is 2.34.